The van der Waals surface area contributed by atoms with E-state index in [0.717, 1.165) is 0 Å². The molecule has 1 rings (SSSR count). The first kappa shape index (κ1) is 13.0. The number of carbonyl (C=O) groups is 2. The van der Waals surface area contributed by atoms with E-state index in [1.165, 1.54) is 7.11 Å². The molecule has 0 aliphatic carbocycles. The molecule has 4 N–H and O–H groups in total. The van der Waals surface area contributed by atoms with Gasteiger partial charge in [0, 0.05) is 12.5 Å². The molecule has 0 fully saturated rings. The Kier molecular flexibility index (Phi) is 3.72. The van der Waals surface area contributed by atoms with Gasteiger partial charge in [0.15, 0.2) is 5.69 Å². The number of esters is 1. The maximum Gasteiger partial charge on any atom is 0.360 e. The van der Waals surface area contributed by atoms with E-state index in [1.807, 2.05) is 0 Å². The van der Waals surface area contributed by atoms with Gasteiger partial charge in [0.1, 0.15) is 11.6 Å². The van der Waals surface area contributed by atoms with Crippen LogP contribution in [0.4, 0.5) is 5.82 Å². The standard InChI is InChI=1S/C10H16N4O3/c1-5(4-7(11)15)14-6(2)13-8(9(14)12)10(16)17-3/h5H,4,12H2,1-3H3,(H2,11,15). The number of anilines is 1. The Bertz CT molecular complexity index is 453. The van der Waals surface area contributed by atoms with Crippen LogP contribution in [0, 0.1) is 6.92 Å². The number of ether oxygens (including phenoxy) is 1. The third-order valence-electron chi connectivity index (χ3n) is 2.44. The van der Waals surface area contributed by atoms with Crippen LogP contribution < -0.4 is 11.5 Å². The van der Waals surface area contributed by atoms with Crippen LogP contribution >= 0.6 is 0 Å². The predicted molar refractivity (Wildman–Crippen MR) is 61.2 cm³/mol. The molecule has 17 heavy (non-hydrogen) atoms. The van der Waals surface area contributed by atoms with Crippen LogP contribution in [-0.2, 0) is 9.53 Å². The zero-order valence-corrected chi connectivity index (χ0v) is 10.1. The summed E-state index contributed by atoms with van der Waals surface area (Å²) < 4.78 is 6.15. The smallest absolute Gasteiger partial charge is 0.360 e. The summed E-state index contributed by atoms with van der Waals surface area (Å²) in [6.45, 7) is 3.47. The summed E-state index contributed by atoms with van der Waals surface area (Å²) in [6, 6.07) is -0.251. The third-order valence-corrected chi connectivity index (χ3v) is 2.44. The molecule has 7 heteroatoms. The molecule has 7 nitrogen and oxygen atoms in total. The maximum absolute atomic E-state index is 11.4. The number of nitrogens with two attached hydrogens (primary N) is 2. The molecule has 1 aromatic rings. The first-order valence-corrected chi connectivity index (χ1v) is 5.09. The number of hydrogen-bond acceptors (Lipinski definition) is 5. The molecule has 0 saturated carbocycles. The van der Waals surface area contributed by atoms with Crippen molar-refractivity contribution < 1.29 is 14.3 Å². The Labute approximate surface area is 98.7 Å². The van der Waals surface area contributed by atoms with Gasteiger partial charge in [0.2, 0.25) is 5.91 Å². The van der Waals surface area contributed by atoms with Crippen molar-refractivity contribution in [2.45, 2.75) is 26.3 Å². The van der Waals surface area contributed by atoms with E-state index in [2.05, 4.69) is 9.72 Å². The molecule has 0 saturated heterocycles. The number of methoxy groups -OCH3 is 1. The Morgan fingerprint density at radius 2 is 2.12 bits per heavy atom. The largest absolute Gasteiger partial charge is 0.464 e. The molecule has 0 aliphatic rings. The normalized spacial score (nSPS) is 12.2. The van der Waals surface area contributed by atoms with Crippen molar-refractivity contribution in [1.82, 2.24) is 9.55 Å². The van der Waals surface area contributed by atoms with Crippen molar-refractivity contribution in [3.05, 3.63) is 11.5 Å². The van der Waals surface area contributed by atoms with Crippen molar-refractivity contribution >= 4 is 17.7 Å². The number of nitrogen functional groups attached to an aromatic ring is 1. The molecule has 94 valence electrons. The van der Waals surface area contributed by atoms with Gasteiger partial charge in [-0.2, -0.15) is 0 Å². The summed E-state index contributed by atoms with van der Waals surface area (Å²) in [6.07, 6.45) is 0.127. The number of amides is 1. The summed E-state index contributed by atoms with van der Waals surface area (Å²) in [4.78, 5) is 26.3. The topological polar surface area (TPSA) is 113 Å². The highest BCUT2D eigenvalue weighted by Crippen LogP contribution is 2.22. The Morgan fingerprint density at radius 3 is 2.59 bits per heavy atom. The lowest BCUT2D eigenvalue weighted by atomic mass is 10.2. The van der Waals surface area contributed by atoms with E-state index < -0.39 is 11.9 Å². The van der Waals surface area contributed by atoms with Crippen LogP contribution in [0.2, 0.25) is 0 Å². The molecule has 1 amide bonds. The number of primary amides is 1. The predicted octanol–water partition coefficient (Wildman–Crippen LogP) is -0.00328. The average Bonchev–Trinajstić information content (AvgIpc) is 2.52. The lowest BCUT2D eigenvalue weighted by Gasteiger charge is -2.14. The Morgan fingerprint density at radius 1 is 1.53 bits per heavy atom. The van der Waals surface area contributed by atoms with Gasteiger partial charge >= 0.3 is 5.97 Å². The van der Waals surface area contributed by atoms with Gasteiger partial charge in [-0.3, -0.25) is 4.79 Å². The molecular formula is C10H16N4O3. The summed E-state index contributed by atoms with van der Waals surface area (Å²) >= 11 is 0. The zero-order valence-electron chi connectivity index (χ0n) is 10.1. The fraction of sp³-hybridized carbons (Fsp3) is 0.500. The molecule has 0 spiro atoms. The van der Waals surface area contributed by atoms with Crippen molar-refractivity contribution in [3.63, 3.8) is 0 Å². The Hall–Kier alpha value is -2.05. The van der Waals surface area contributed by atoms with E-state index in [0.29, 0.717) is 5.82 Å². The van der Waals surface area contributed by atoms with E-state index in [9.17, 15) is 9.59 Å². The summed E-state index contributed by atoms with van der Waals surface area (Å²) in [5.41, 5.74) is 11.0. The third kappa shape index (κ3) is 2.55. The van der Waals surface area contributed by atoms with Gasteiger partial charge in [0.25, 0.3) is 0 Å². The highest BCUT2D eigenvalue weighted by Gasteiger charge is 2.22. The average molecular weight is 240 g/mol. The molecule has 0 radical (unpaired) electrons. The van der Waals surface area contributed by atoms with Gasteiger partial charge in [-0.15, -0.1) is 0 Å². The molecule has 0 aliphatic heterocycles. The van der Waals surface area contributed by atoms with Crippen LogP contribution in [0.25, 0.3) is 0 Å². The van der Waals surface area contributed by atoms with Crippen LogP contribution in [0.3, 0.4) is 0 Å². The van der Waals surface area contributed by atoms with Gasteiger partial charge in [-0.1, -0.05) is 0 Å². The fourth-order valence-corrected chi connectivity index (χ4v) is 1.75. The minimum atomic E-state index is -0.601. The number of rotatable bonds is 4. The lowest BCUT2D eigenvalue weighted by molar-refractivity contribution is -0.118. The van der Waals surface area contributed by atoms with E-state index in [1.54, 1.807) is 18.4 Å². The molecule has 1 unspecified atom stereocenters. The van der Waals surface area contributed by atoms with E-state index in [4.69, 9.17) is 11.5 Å². The van der Waals surface area contributed by atoms with Gasteiger partial charge in [-0.05, 0) is 13.8 Å². The summed E-state index contributed by atoms with van der Waals surface area (Å²) in [5, 5.41) is 0. The van der Waals surface area contributed by atoms with Crippen LogP contribution in [0.1, 0.15) is 35.7 Å². The van der Waals surface area contributed by atoms with Gasteiger partial charge in [-0.25, -0.2) is 9.78 Å². The van der Waals surface area contributed by atoms with Crippen LogP contribution in [0.5, 0.6) is 0 Å². The van der Waals surface area contributed by atoms with E-state index >= 15 is 0 Å². The number of nitrogens with zero attached hydrogens (tertiary/aromatic N) is 2. The molecule has 0 bridgehead atoms. The number of hydrogen-bond donors (Lipinski definition) is 2. The fourth-order valence-electron chi connectivity index (χ4n) is 1.75. The van der Waals surface area contributed by atoms with Crippen molar-refractivity contribution in [2.24, 2.45) is 5.73 Å². The first-order chi connectivity index (χ1) is 7.88. The monoisotopic (exact) mass is 240 g/mol. The van der Waals surface area contributed by atoms with Crippen LogP contribution in [-0.4, -0.2) is 28.5 Å². The lowest BCUT2D eigenvalue weighted by Crippen LogP contribution is -2.19. The highest BCUT2D eigenvalue weighted by molar-refractivity contribution is 5.92. The molecule has 1 heterocycles. The van der Waals surface area contributed by atoms with Gasteiger partial charge in [0.05, 0.1) is 7.11 Å². The molecule has 1 atom stereocenters. The van der Waals surface area contributed by atoms with Crippen molar-refractivity contribution in [3.8, 4) is 0 Å². The summed E-state index contributed by atoms with van der Waals surface area (Å²) in [5.74, 6) is -0.319. The molecule has 0 aromatic carbocycles. The van der Waals surface area contributed by atoms with Crippen molar-refractivity contribution in [1.29, 1.82) is 0 Å². The number of imidazole rings is 1. The quantitative estimate of drug-likeness (QED) is 0.719. The first-order valence-electron chi connectivity index (χ1n) is 5.09. The number of aromatic nitrogens is 2. The zero-order chi connectivity index (χ0) is 13.2. The molecule has 1 aromatic heterocycles. The molecular weight excluding hydrogens is 224 g/mol. The summed E-state index contributed by atoms with van der Waals surface area (Å²) in [7, 11) is 1.25. The minimum Gasteiger partial charge on any atom is -0.464 e. The number of carbonyl (C=O) groups excluding carboxylic acids is 2. The second-order valence-electron chi connectivity index (χ2n) is 3.77. The minimum absolute atomic E-state index is 0.0568. The Balaban J connectivity index is 3.13. The SMILES string of the molecule is COC(=O)c1nc(C)n(C(C)CC(N)=O)c1N. The van der Waals surface area contributed by atoms with Crippen molar-refractivity contribution in [2.75, 3.05) is 12.8 Å². The maximum atomic E-state index is 11.4. The number of aryl methyl sites for hydroxylation is 1. The second kappa shape index (κ2) is 4.86. The van der Waals surface area contributed by atoms with Gasteiger partial charge < -0.3 is 20.8 Å². The second-order valence-corrected chi connectivity index (χ2v) is 3.77. The van der Waals surface area contributed by atoms with E-state index in [-0.39, 0.29) is 24.0 Å². The van der Waals surface area contributed by atoms with Crippen LogP contribution in [0.15, 0.2) is 0 Å². The highest BCUT2D eigenvalue weighted by atomic mass is 16.5.